The molecule has 3 rings (SSSR count). The molecule has 0 unspecified atom stereocenters. The van der Waals surface area contributed by atoms with Crippen LogP contribution in [0.15, 0.2) is 43.0 Å². The van der Waals surface area contributed by atoms with Crippen LogP contribution >= 0.6 is 11.8 Å². The number of benzene rings is 1. The molecule has 230 valence electrons. The van der Waals surface area contributed by atoms with Crippen LogP contribution in [-0.4, -0.2) is 83.4 Å². The molecule has 0 heterocycles. The Balaban J connectivity index is 1.70. The average molecular weight is 588 g/mol. The SMILES string of the molecule is C=CC[C@H](O)[C@H](O)[C@H](CC1CCCCC1)NC(=O)[C@H](CC1CC1)NC(=O)[C@@H](CSCCN(C)C)Cc1ccccc1. The van der Waals surface area contributed by atoms with Gasteiger partial charge >= 0.3 is 0 Å². The maximum Gasteiger partial charge on any atom is 0.242 e. The zero-order valence-corrected chi connectivity index (χ0v) is 26.0. The lowest BCUT2D eigenvalue weighted by atomic mass is 9.82. The average Bonchev–Trinajstić information content (AvgIpc) is 3.78. The van der Waals surface area contributed by atoms with Crippen molar-refractivity contribution in [3.05, 3.63) is 48.6 Å². The van der Waals surface area contributed by atoms with Crippen molar-refractivity contribution in [2.24, 2.45) is 17.8 Å². The van der Waals surface area contributed by atoms with Crippen molar-refractivity contribution in [3.8, 4) is 0 Å². The summed E-state index contributed by atoms with van der Waals surface area (Å²) in [4.78, 5) is 29.6. The molecule has 2 saturated carbocycles. The van der Waals surface area contributed by atoms with Crippen molar-refractivity contribution >= 4 is 23.6 Å². The zero-order chi connectivity index (χ0) is 29.6. The van der Waals surface area contributed by atoms with Gasteiger partial charge in [0, 0.05) is 18.1 Å². The smallest absolute Gasteiger partial charge is 0.242 e. The van der Waals surface area contributed by atoms with Gasteiger partial charge in [0.2, 0.25) is 11.8 Å². The van der Waals surface area contributed by atoms with E-state index in [1.807, 2.05) is 44.4 Å². The molecular weight excluding hydrogens is 534 g/mol. The predicted molar refractivity (Wildman–Crippen MR) is 169 cm³/mol. The molecule has 0 bridgehead atoms. The Morgan fingerprint density at radius 2 is 1.68 bits per heavy atom. The third kappa shape index (κ3) is 12.5. The van der Waals surface area contributed by atoms with Crippen molar-refractivity contribution < 1.29 is 19.8 Å². The molecule has 2 fully saturated rings. The van der Waals surface area contributed by atoms with Crippen molar-refractivity contribution in [1.82, 2.24) is 15.5 Å². The van der Waals surface area contributed by atoms with E-state index in [9.17, 15) is 19.8 Å². The van der Waals surface area contributed by atoms with E-state index in [4.69, 9.17) is 0 Å². The van der Waals surface area contributed by atoms with Crippen LogP contribution in [0.4, 0.5) is 0 Å². The minimum Gasteiger partial charge on any atom is -0.390 e. The summed E-state index contributed by atoms with van der Waals surface area (Å²) in [6.45, 7) is 4.63. The standard InChI is InChI=1S/C33H53N3O4S/c1-4-11-30(37)31(38)28(21-25-14-9-6-10-15-25)34-33(40)29(22-26-16-17-26)35-32(39)27(23-41-19-18-36(2)3)20-24-12-7-5-8-13-24/h4-5,7-8,12-13,25-31,37-38H,1,6,9-11,14-23H2,2-3H3,(H,34,40)(H,35,39)/t27-,28+,29+,30+,31-/m1/s1. The van der Waals surface area contributed by atoms with Gasteiger partial charge in [-0.15, -0.1) is 6.58 Å². The van der Waals surface area contributed by atoms with E-state index >= 15 is 0 Å². The van der Waals surface area contributed by atoms with Crippen molar-refractivity contribution in [1.29, 1.82) is 0 Å². The topological polar surface area (TPSA) is 102 Å². The molecule has 0 spiro atoms. The monoisotopic (exact) mass is 587 g/mol. The summed E-state index contributed by atoms with van der Waals surface area (Å²) in [5, 5.41) is 27.8. The molecule has 2 amide bonds. The molecule has 4 N–H and O–H groups in total. The maximum absolute atomic E-state index is 13.7. The van der Waals surface area contributed by atoms with Crippen molar-refractivity contribution in [2.75, 3.05) is 32.1 Å². The predicted octanol–water partition coefficient (Wildman–Crippen LogP) is 4.18. The number of carbonyl (C=O) groups is 2. The van der Waals surface area contributed by atoms with E-state index in [2.05, 4.69) is 22.1 Å². The van der Waals surface area contributed by atoms with Gasteiger partial charge in [0.1, 0.15) is 12.1 Å². The molecular formula is C33H53N3O4S. The Morgan fingerprint density at radius 1 is 1.00 bits per heavy atom. The minimum absolute atomic E-state index is 0.0944. The summed E-state index contributed by atoms with van der Waals surface area (Å²) in [5.74, 6) is 1.86. The van der Waals surface area contributed by atoms with E-state index < -0.39 is 24.3 Å². The highest BCUT2D eigenvalue weighted by Gasteiger charge is 2.36. The van der Waals surface area contributed by atoms with E-state index in [-0.39, 0.29) is 24.2 Å². The number of thioether (sulfide) groups is 1. The van der Waals surface area contributed by atoms with Gasteiger partial charge in [-0.2, -0.15) is 11.8 Å². The summed E-state index contributed by atoms with van der Waals surface area (Å²) < 4.78 is 0. The van der Waals surface area contributed by atoms with Crippen molar-refractivity contribution in [2.45, 2.75) is 94.9 Å². The summed E-state index contributed by atoms with van der Waals surface area (Å²) in [7, 11) is 4.09. The Labute approximate surface area is 251 Å². The van der Waals surface area contributed by atoms with Gasteiger partial charge in [0.25, 0.3) is 0 Å². The van der Waals surface area contributed by atoms with Gasteiger partial charge in [0.15, 0.2) is 0 Å². The van der Waals surface area contributed by atoms with Gasteiger partial charge in [-0.25, -0.2) is 0 Å². The van der Waals surface area contributed by atoms with Crippen LogP contribution in [0.1, 0.15) is 69.8 Å². The number of carbonyl (C=O) groups excluding carboxylic acids is 2. The first-order chi connectivity index (χ1) is 19.8. The number of nitrogens with one attached hydrogen (secondary N) is 2. The summed E-state index contributed by atoms with van der Waals surface area (Å²) >= 11 is 1.77. The van der Waals surface area contributed by atoms with Gasteiger partial charge < -0.3 is 25.7 Å². The molecule has 0 aromatic heterocycles. The first kappa shape index (κ1) is 33.6. The number of aliphatic hydroxyl groups excluding tert-OH is 2. The summed E-state index contributed by atoms with van der Waals surface area (Å²) in [6.07, 6.45) is 9.45. The third-order valence-electron chi connectivity index (χ3n) is 8.45. The molecule has 41 heavy (non-hydrogen) atoms. The minimum atomic E-state index is -1.09. The lowest BCUT2D eigenvalue weighted by Crippen LogP contribution is -2.56. The second-order valence-corrected chi connectivity index (χ2v) is 13.6. The molecule has 1 aromatic rings. The van der Waals surface area contributed by atoms with Crippen LogP contribution in [0.25, 0.3) is 0 Å². The number of hydrogen-bond acceptors (Lipinski definition) is 6. The first-order valence-corrected chi connectivity index (χ1v) is 16.8. The largest absolute Gasteiger partial charge is 0.390 e. The Kier molecular flexibility index (Phi) is 14.7. The molecule has 0 aliphatic heterocycles. The maximum atomic E-state index is 13.7. The molecule has 0 saturated heterocycles. The molecule has 0 radical (unpaired) electrons. The Hall–Kier alpha value is -1.87. The summed E-state index contributed by atoms with van der Waals surface area (Å²) in [5.41, 5.74) is 1.11. The molecule has 2 aliphatic rings. The fourth-order valence-corrected chi connectivity index (χ4v) is 6.95. The third-order valence-corrected chi connectivity index (χ3v) is 9.56. The van der Waals surface area contributed by atoms with Gasteiger partial charge in [-0.1, -0.05) is 81.4 Å². The molecule has 1 aromatic carbocycles. The number of amides is 2. The summed E-state index contributed by atoms with van der Waals surface area (Å²) in [6, 6.07) is 8.83. The molecule has 5 atom stereocenters. The van der Waals surface area contributed by atoms with Crippen LogP contribution < -0.4 is 10.6 Å². The highest BCUT2D eigenvalue weighted by molar-refractivity contribution is 7.99. The zero-order valence-electron chi connectivity index (χ0n) is 25.2. The van der Waals surface area contributed by atoms with E-state index in [1.54, 1.807) is 17.8 Å². The van der Waals surface area contributed by atoms with Crippen LogP contribution in [0.2, 0.25) is 0 Å². The van der Waals surface area contributed by atoms with Gasteiger partial charge in [-0.05, 0) is 57.2 Å². The number of nitrogens with zero attached hydrogens (tertiary/aromatic N) is 1. The van der Waals surface area contributed by atoms with E-state index in [0.717, 1.165) is 56.4 Å². The van der Waals surface area contributed by atoms with Gasteiger partial charge in [-0.3, -0.25) is 9.59 Å². The molecule has 8 heteroatoms. The highest BCUT2D eigenvalue weighted by atomic mass is 32.2. The Bertz CT molecular complexity index is 920. The molecule has 2 aliphatic carbocycles. The normalized spacial score (nSPS) is 19.6. The van der Waals surface area contributed by atoms with Crippen molar-refractivity contribution in [3.63, 3.8) is 0 Å². The van der Waals surface area contributed by atoms with Crippen LogP contribution in [0.5, 0.6) is 0 Å². The van der Waals surface area contributed by atoms with Gasteiger partial charge in [0.05, 0.1) is 18.1 Å². The quantitative estimate of drug-likeness (QED) is 0.143. The number of rotatable bonds is 19. The van der Waals surface area contributed by atoms with Crippen LogP contribution in [0.3, 0.4) is 0 Å². The second-order valence-electron chi connectivity index (χ2n) is 12.4. The Morgan fingerprint density at radius 3 is 2.32 bits per heavy atom. The van der Waals surface area contributed by atoms with Crippen LogP contribution in [-0.2, 0) is 16.0 Å². The van der Waals surface area contributed by atoms with E-state index in [0.29, 0.717) is 36.9 Å². The fourth-order valence-electron chi connectivity index (χ4n) is 5.73. The second kappa shape index (κ2) is 17.9. The molecule has 7 nitrogen and oxygen atoms in total. The van der Waals surface area contributed by atoms with Crippen LogP contribution in [0, 0.1) is 17.8 Å². The lowest BCUT2D eigenvalue weighted by Gasteiger charge is -2.33. The fraction of sp³-hybridized carbons (Fsp3) is 0.697. The highest BCUT2D eigenvalue weighted by Crippen LogP contribution is 2.34. The first-order valence-electron chi connectivity index (χ1n) is 15.6. The van der Waals surface area contributed by atoms with E-state index in [1.165, 1.54) is 6.42 Å². The number of aliphatic hydroxyl groups is 2. The lowest BCUT2D eigenvalue weighted by molar-refractivity contribution is -0.132. The number of hydrogen-bond donors (Lipinski definition) is 4.